The van der Waals surface area contributed by atoms with Crippen LogP contribution in [0.4, 0.5) is 5.82 Å². The van der Waals surface area contributed by atoms with Gasteiger partial charge in [-0.1, -0.05) is 30.8 Å². The van der Waals surface area contributed by atoms with Crippen molar-refractivity contribution in [3.8, 4) is 11.4 Å². The van der Waals surface area contributed by atoms with E-state index in [9.17, 15) is 4.79 Å². The van der Waals surface area contributed by atoms with Gasteiger partial charge in [0.1, 0.15) is 5.82 Å². The molecule has 2 saturated heterocycles. The lowest BCUT2D eigenvalue weighted by molar-refractivity contribution is 0.0711. The van der Waals surface area contributed by atoms with Gasteiger partial charge in [-0.2, -0.15) is 4.98 Å². The molecule has 7 heteroatoms. The number of nitrogens with zero attached hydrogens (tertiary/aromatic N) is 5. The first-order chi connectivity index (χ1) is 13.3. The van der Waals surface area contributed by atoms with Crippen molar-refractivity contribution in [2.45, 2.75) is 51.4 Å². The second-order valence-electron chi connectivity index (χ2n) is 7.43. The van der Waals surface area contributed by atoms with Crippen molar-refractivity contribution in [3.05, 3.63) is 24.2 Å². The van der Waals surface area contributed by atoms with Crippen LogP contribution in [-0.2, 0) is 0 Å². The lowest BCUT2D eigenvalue weighted by Crippen LogP contribution is -2.32. The molecule has 2 aliphatic rings. The molecule has 2 aromatic rings. The lowest BCUT2D eigenvalue weighted by Gasteiger charge is -2.21. The fraction of sp³-hybridized carbons (Fsp3) is 0.600. The van der Waals surface area contributed by atoms with Gasteiger partial charge in [-0.05, 0) is 37.8 Å². The summed E-state index contributed by atoms with van der Waals surface area (Å²) in [7, 11) is 0. The highest BCUT2D eigenvalue weighted by Gasteiger charge is 2.23. The molecule has 4 heterocycles. The van der Waals surface area contributed by atoms with E-state index < -0.39 is 0 Å². The summed E-state index contributed by atoms with van der Waals surface area (Å²) in [6.45, 7) is 3.60. The maximum Gasteiger partial charge on any atom is 0.316 e. The van der Waals surface area contributed by atoms with E-state index in [1.165, 1.54) is 38.5 Å². The van der Waals surface area contributed by atoms with Gasteiger partial charge in [-0.3, -0.25) is 4.79 Å². The van der Waals surface area contributed by atoms with Crippen LogP contribution in [0, 0.1) is 0 Å². The average molecular weight is 369 g/mol. The second-order valence-corrected chi connectivity index (χ2v) is 7.43. The second kappa shape index (κ2) is 8.50. The number of aromatic nitrogens is 3. The molecule has 0 unspecified atom stereocenters. The van der Waals surface area contributed by atoms with Gasteiger partial charge in [0.2, 0.25) is 5.82 Å². The molecule has 0 radical (unpaired) electrons. The molecule has 27 heavy (non-hydrogen) atoms. The van der Waals surface area contributed by atoms with Crippen molar-refractivity contribution in [1.29, 1.82) is 0 Å². The summed E-state index contributed by atoms with van der Waals surface area (Å²) in [6.07, 6.45) is 11.2. The molecular weight excluding hydrogens is 342 g/mol. The van der Waals surface area contributed by atoms with Crippen LogP contribution in [0.5, 0.6) is 0 Å². The number of pyridine rings is 1. The molecule has 0 aromatic carbocycles. The molecule has 1 amide bonds. The van der Waals surface area contributed by atoms with Gasteiger partial charge < -0.3 is 14.3 Å². The summed E-state index contributed by atoms with van der Waals surface area (Å²) in [6, 6.07) is 3.86. The van der Waals surface area contributed by atoms with Crippen LogP contribution in [0.3, 0.4) is 0 Å². The third kappa shape index (κ3) is 4.28. The smallest absolute Gasteiger partial charge is 0.316 e. The molecule has 0 saturated carbocycles. The molecule has 0 atom stereocenters. The van der Waals surface area contributed by atoms with Gasteiger partial charge >= 0.3 is 11.8 Å². The Hall–Kier alpha value is -2.44. The monoisotopic (exact) mass is 369 g/mol. The minimum atomic E-state index is -0.155. The Labute approximate surface area is 159 Å². The van der Waals surface area contributed by atoms with Gasteiger partial charge in [-0.15, -0.1) is 0 Å². The van der Waals surface area contributed by atoms with Crippen LogP contribution in [0.2, 0.25) is 0 Å². The molecule has 7 nitrogen and oxygen atoms in total. The summed E-state index contributed by atoms with van der Waals surface area (Å²) in [5.74, 6) is 1.32. The summed E-state index contributed by atoms with van der Waals surface area (Å²) in [4.78, 5) is 25.7. The fourth-order valence-corrected chi connectivity index (χ4v) is 3.87. The Morgan fingerprint density at radius 2 is 1.59 bits per heavy atom. The third-order valence-electron chi connectivity index (χ3n) is 5.44. The summed E-state index contributed by atoms with van der Waals surface area (Å²) in [5, 5.41) is 4.05. The van der Waals surface area contributed by atoms with E-state index in [4.69, 9.17) is 4.52 Å². The molecule has 2 aliphatic heterocycles. The highest BCUT2D eigenvalue weighted by Crippen LogP contribution is 2.23. The molecule has 2 fully saturated rings. The number of likely N-dealkylation sites (tertiary alicyclic amines) is 1. The van der Waals surface area contributed by atoms with Crippen molar-refractivity contribution in [1.82, 2.24) is 20.0 Å². The Bertz CT molecular complexity index is 759. The lowest BCUT2D eigenvalue weighted by atomic mass is 10.2. The van der Waals surface area contributed by atoms with Crippen LogP contribution in [0.25, 0.3) is 11.4 Å². The number of amides is 1. The van der Waals surface area contributed by atoms with E-state index >= 15 is 0 Å². The van der Waals surface area contributed by atoms with Crippen molar-refractivity contribution < 1.29 is 9.32 Å². The van der Waals surface area contributed by atoms with Gasteiger partial charge in [0.25, 0.3) is 0 Å². The number of hydrogen-bond donors (Lipinski definition) is 0. The molecule has 0 aliphatic carbocycles. The standard InChI is InChI=1S/C20H27N5O2/c26-20(25-13-7-3-4-8-14-25)19-22-18(23-27-19)16-9-10-21-17(15-16)24-11-5-1-2-6-12-24/h9-10,15H,1-8,11-14H2. The normalized spacial score (nSPS) is 18.8. The molecule has 0 bridgehead atoms. The highest BCUT2D eigenvalue weighted by molar-refractivity contribution is 5.90. The van der Waals surface area contributed by atoms with Gasteiger partial charge in [-0.25, -0.2) is 4.98 Å². The number of hydrogen-bond acceptors (Lipinski definition) is 6. The average Bonchev–Trinajstić information content (AvgIpc) is 2.90. The van der Waals surface area contributed by atoms with Crippen molar-refractivity contribution in [3.63, 3.8) is 0 Å². The Morgan fingerprint density at radius 3 is 2.30 bits per heavy atom. The Morgan fingerprint density at radius 1 is 0.926 bits per heavy atom. The molecule has 4 rings (SSSR count). The zero-order valence-electron chi connectivity index (χ0n) is 15.8. The molecule has 2 aromatic heterocycles. The Kier molecular flexibility index (Phi) is 5.65. The predicted molar refractivity (Wildman–Crippen MR) is 103 cm³/mol. The summed E-state index contributed by atoms with van der Waals surface area (Å²) >= 11 is 0. The quantitative estimate of drug-likeness (QED) is 0.824. The highest BCUT2D eigenvalue weighted by atomic mass is 16.5. The largest absolute Gasteiger partial charge is 0.357 e. The predicted octanol–water partition coefficient (Wildman–Crippen LogP) is 3.53. The van der Waals surface area contributed by atoms with Gasteiger partial charge in [0.05, 0.1) is 0 Å². The minimum absolute atomic E-state index is 0.0834. The number of carbonyl (C=O) groups excluding carboxylic acids is 1. The van der Waals surface area contributed by atoms with Crippen LogP contribution < -0.4 is 4.90 Å². The van der Waals surface area contributed by atoms with Gasteiger partial charge in [0, 0.05) is 37.9 Å². The fourth-order valence-electron chi connectivity index (χ4n) is 3.87. The number of anilines is 1. The first-order valence-electron chi connectivity index (χ1n) is 10.2. The van der Waals surface area contributed by atoms with E-state index in [2.05, 4.69) is 20.0 Å². The first-order valence-corrected chi connectivity index (χ1v) is 10.2. The zero-order chi connectivity index (χ0) is 18.5. The van der Waals surface area contributed by atoms with Crippen molar-refractivity contribution in [2.24, 2.45) is 0 Å². The molecule has 0 spiro atoms. The van der Waals surface area contributed by atoms with E-state index in [1.807, 2.05) is 17.0 Å². The topological polar surface area (TPSA) is 75.4 Å². The van der Waals surface area contributed by atoms with E-state index in [0.717, 1.165) is 50.4 Å². The number of carbonyl (C=O) groups is 1. The SMILES string of the molecule is O=C(c1nc(-c2ccnc(N3CCCCCC3)c2)no1)N1CCCCCC1. The van der Waals surface area contributed by atoms with E-state index in [-0.39, 0.29) is 11.8 Å². The molecule has 0 N–H and O–H groups in total. The third-order valence-corrected chi connectivity index (χ3v) is 5.44. The van der Waals surface area contributed by atoms with Crippen LogP contribution in [-0.4, -0.2) is 52.1 Å². The van der Waals surface area contributed by atoms with Crippen LogP contribution in [0.15, 0.2) is 22.9 Å². The van der Waals surface area contributed by atoms with Crippen LogP contribution >= 0.6 is 0 Å². The Balaban J connectivity index is 1.51. The van der Waals surface area contributed by atoms with Crippen molar-refractivity contribution >= 4 is 11.7 Å². The summed E-state index contributed by atoms with van der Waals surface area (Å²) < 4.78 is 5.29. The maximum atomic E-state index is 12.7. The number of rotatable bonds is 3. The molecule has 144 valence electrons. The molecular formula is C20H27N5O2. The minimum Gasteiger partial charge on any atom is -0.357 e. The van der Waals surface area contributed by atoms with E-state index in [0.29, 0.717) is 5.82 Å². The zero-order valence-corrected chi connectivity index (χ0v) is 15.8. The first kappa shape index (κ1) is 17.9. The maximum absolute atomic E-state index is 12.7. The van der Waals surface area contributed by atoms with Crippen molar-refractivity contribution in [2.75, 3.05) is 31.1 Å². The summed E-state index contributed by atoms with van der Waals surface area (Å²) in [5.41, 5.74) is 0.836. The van der Waals surface area contributed by atoms with Crippen LogP contribution in [0.1, 0.15) is 62.1 Å². The van der Waals surface area contributed by atoms with Gasteiger partial charge in [0.15, 0.2) is 0 Å². The van der Waals surface area contributed by atoms with E-state index in [1.54, 1.807) is 6.20 Å².